The molecule has 0 saturated heterocycles. The molecule has 1 amide bonds. The van der Waals surface area contributed by atoms with Crippen LogP contribution in [0.3, 0.4) is 0 Å². The second-order valence-electron chi connectivity index (χ2n) is 4.83. The Morgan fingerprint density at radius 2 is 1.76 bits per heavy atom. The minimum atomic E-state index is -1.64. The standard InChI is InChI=1S/C15H15BClNO3/c1-9-4-3-5-10(2)14(9)18-15(19)12-8-11(16(20)21)6-7-13(12)17/h3-8,20-21H,1-2H3,(H,18,19). The lowest BCUT2D eigenvalue weighted by molar-refractivity contribution is 0.102. The van der Waals surface area contributed by atoms with Gasteiger partial charge in [0.05, 0.1) is 10.6 Å². The van der Waals surface area contributed by atoms with Crippen molar-refractivity contribution in [2.24, 2.45) is 0 Å². The van der Waals surface area contributed by atoms with Gasteiger partial charge in [-0.3, -0.25) is 4.79 Å². The lowest BCUT2D eigenvalue weighted by atomic mass is 9.79. The van der Waals surface area contributed by atoms with E-state index in [4.69, 9.17) is 11.6 Å². The highest BCUT2D eigenvalue weighted by molar-refractivity contribution is 6.59. The fraction of sp³-hybridized carbons (Fsp3) is 0.133. The van der Waals surface area contributed by atoms with Crippen molar-refractivity contribution in [1.29, 1.82) is 0 Å². The Balaban J connectivity index is 2.35. The van der Waals surface area contributed by atoms with E-state index in [1.165, 1.54) is 18.2 Å². The highest BCUT2D eigenvalue weighted by atomic mass is 35.5. The molecule has 0 radical (unpaired) electrons. The minimum Gasteiger partial charge on any atom is -0.423 e. The molecule has 0 aliphatic heterocycles. The number of rotatable bonds is 3. The van der Waals surface area contributed by atoms with Gasteiger partial charge in [-0.25, -0.2) is 0 Å². The van der Waals surface area contributed by atoms with Crippen molar-refractivity contribution >= 4 is 35.8 Å². The summed E-state index contributed by atoms with van der Waals surface area (Å²) >= 11 is 6.02. The van der Waals surface area contributed by atoms with Crippen molar-refractivity contribution in [3.63, 3.8) is 0 Å². The lowest BCUT2D eigenvalue weighted by Gasteiger charge is -2.13. The molecule has 2 rings (SSSR count). The van der Waals surface area contributed by atoms with Crippen LogP contribution in [0.5, 0.6) is 0 Å². The first-order chi connectivity index (χ1) is 9.90. The van der Waals surface area contributed by atoms with Gasteiger partial charge in [0.25, 0.3) is 5.91 Å². The summed E-state index contributed by atoms with van der Waals surface area (Å²) in [5, 5.41) is 21.4. The van der Waals surface area contributed by atoms with E-state index in [0.29, 0.717) is 0 Å². The second kappa shape index (κ2) is 6.31. The fourth-order valence-corrected chi connectivity index (χ4v) is 2.27. The maximum absolute atomic E-state index is 12.4. The second-order valence-corrected chi connectivity index (χ2v) is 5.24. The molecule has 0 saturated carbocycles. The lowest BCUT2D eigenvalue weighted by Crippen LogP contribution is -2.31. The van der Waals surface area contributed by atoms with Crippen molar-refractivity contribution in [1.82, 2.24) is 0 Å². The molecule has 0 atom stereocenters. The number of hydrogen-bond donors (Lipinski definition) is 3. The molecule has 108 valence electrons. The maximum Gasteiger partial charge on any atom is 0.488 e. The Kier molecular flexibility index (Phi) is 4.68. The smallest absolute Gasteiger partial charge is 0.423 e. The summed E-state index contributed by atoms with van der Waals surface area (Å²) in [6, 6.07) is 10.0. The first kappa shape index (κ1) is 15.6. The van der Waals surface area contributed by atoms with Crippen LogP contribution in [0, 0.1) is 13.8 Å². The fourth-order valence-electron chi connectivity index (χ4n) is 2.07. The van der Waals surface area contributed by atoms with Crippen LogP contribution < -0.4 is 10.8 Å². The number of para-hydroxylation sites is 1. The molecule has 0 aliphatic carbocycles. The molecule has 0 spiro atoms. The van der Waals surface area contributed by atoms with E-state index in [-0.39, 0.29) is 22.0 Å². The van der Waals surface area contributed by atoms with E-state index in [0.717, 1.165) is 16.8 Å². The summed E-state index contributed by atoms with van der Waals surface area (Å²) in [6.45, 7) is 3.80. The van der Waals surface area contributed by atoms with Gasteiger partial charge in [-0.1, -0.05) is 35.9 Å². The van der Waals surface area contributed by atoms with E-state index in [1.807, 2.05) is 32.0 Å². The molecule has 0 aromatic heterocycles. The van der Waals surface area contributed by atoms with Crippen LogP contribution in [0.4, 0.5) is 5.69 Å². The topological polar surface area (TPSA) is 69.6 Å². The summed E-state index contributed by atoms with van der Waals surface area (Å²) in [5.74, 6) is -0.389. The van der Waals surface area contributed by atoms with Crippen molar-refractivity contribution in [2.45, 2.75) is 13.8 Å². The zero-order valence-corrected chi connectivity index (χ0v) is 12.5. The van der Waals surface area contributed by atoms with Gasteiger partial charge in [-0.15, -0.1) is 0 Å². The Hall–Kier alpha value is -1.82. The zero-order chi connectivity index (χ0) is 15.6. The highest BCUT2D eigenvalue weighted by Crippen LogP contribution is 2.22. The Labute approximate surface area is 128 Å². The third kappa shape index (κ3) is 3.45. The van der Waals surface area contributed by atoms with Crippen LogP contribution in [0.1, 0.15) is 21.5 Å². The predicted octanol–water partition coefficient (Wildman–Crippen LogP) is 1.89. The van der Waals surface area contributed by atoms with Gasteiger partial charge in [0.1, 0.15) is 0 Å². The molecule has 6 heteroatoms. The number of amides is 1. The molecule has 0 heterocycles. The first-order valence-electron chi connectivity index (χ1n) is 6.43. The molecule has 0 bridgehead atoms. The van der Waals surface area contributed by atoms with Crippen molar-refractivity contribution in [3.8, 4) is 0 Å². The quantitative estimate of drug-likeness (QED) is 0.758. The SMILES string of the molecule is Cc1cccc(C)c1NC(=O)c1cc(B(O)O)ccc1Cl. The maximum atomic E-state index is 12.4. The molecule has 2 aromatic rings. The molecule has 0 fully saturated rings. The molecule has 0 aliphatic rings. The number of benzene rings is 2. The van der Waals surface area contributed by atoms with Crippen molar-refractivity contribution < 1.29 is 14.8 Å². The normalized spacial score (nSPS) is 10.3. The highest BCUT2D eigenvalue weighted by Gasteiger charge is 2.17. The van der Waals surface area contributed by atoms with Crippen molar-refractivity contribution in [3.05, 3.63) is 58.1 Å². The number of nitrogens with one attached hydrogen (secondary N) is 1. The number of anilines is 1. The Morgan fingerprint density at radius 3 is 2.33 bits per heavy atom. The molecule has 0 unspecified atom stereocenters. The number of hydrogen-bond acceptors (Lipinski definition) is 3. The molecule has 21 heavy (non-hydrogen) atoms. The van der Waals surface area contributed by atoms with Gasteiger partial charge >= 0.3 is 7.12 Å². The van der Waals surface area contributed by atoms with Crippen LogP contribution in [0.15, 0.2) is 36.4 Å². The summed E-state index contributed by atoms with van der Waals surface area (Å²) in [6.07, 6.45) is 0. The summed E-state index contributed by atoms with van der Waals surface area (Å²) < 4.78 is 0. The average Bonchev–Trinajstić information content (AvgIpc) is 2.43. The van der Waals surface area contributed by atoms with Crippen LogP contribution in [-0.2, 0) is 0 Å². The molecular weight excluding hydrogens is 288 g/mol. The molecular formula is C15H15BClNO3. The van der Waals surface area contributed by atoms with Gasteiger partial charge in [0, 0.05) is 5.69 Å². The van der Waals surface area contributed by atoms with Gasteiger partial charge in [-0.05, 0) is 42.6 Å². The van der Waals surface area contributed by atoms with Gasteiger partial charge in [0.2, 0.25) is 0 Å². The van der Waals surface area contributed by atoms with E-state index < -0.39 is 7.12 Å². The van der Waals surface area contributed by atoms with E-state index >= 15 is 0 Å². The molecule has 3 N–H and O–H groups in total. The van der Waals surface area contributed by atoms with Gasteiger partial charge < -0.3 is 15.4 Å². The third-order valence-electron chi connectivity index (χ3n) is 3.25. The summed E-state index contributed by atoms with van der Waals surface area (Å²) in [4.78, 5) is 12.4. The van der Waals surface area contributed by atoms with Crippen LogP contribution in [0.2, 0.25) is 5.02 Å². The average molecular weight is 304 g/mol. The zero-order valence-electron chi connectivity index (χ0n) is 11.7. The predicted molar refractivity (Wildman–Crippen MR) is 85.1 cm³/mol. The van der Waals surface area contributed by atoms with E-state index in [1.54, 1.807) is 0 Å². The van der Waals surface area contributed by atoms with E-state index in [2.05, 4.69) is 5.32 Å². The van der Waals surface area contributed by atoms with E-state index in [9.17, 15) is 14.8 Å². The first-order valence-corrected chi connectivity index (χ1v) is 6.81. The van der Waals surface area contributed by atoms with Crippen LogP contribution >= 0.6 is 11.6 Å². The van der Waals surface area contributed by atoms with Gasteiger partial charge in [-0.2, -0.15) is 0 Å². The van der Waals surface area contributed by atoms with Gasteiger partial charge in [0.15, 0.2) is 0 Å². The molecule has 2 aromatic carbocycles. The third-order valence-corrected chi connectivity index (χ3v) is 3.58. The number of carbonyl (C=O) groups is 1. The largest absolute Gasteiger partial charge is 0.488 e. The molecule has 4 nitrogen and oxygen atoms in total. The monoisotopic (exact) mass is 303 g/mol. The minimum absolute atomic E-state index is 0.199. The number of aryl methyl sites for hydroxylation is 2. The van der Waals surface area contributed by atoms with Crippen LogP contribution in [0.25, 0.3) is 0 Å². The Bertz CT molecular complexity index is 668. The summed E-state index contributed by atoms with van der Waals surface area (Å²) in [7, 11) is -1.64. The van der Waals surface area contributed by atoms with Crippen LogP contribution in [-0.4, -0.2) is 23.1 Å². The Morgan fingerprint density at radius 1 is 1.14 bits per heavy atom. The number of halogens is 1. The summed E-state index contributed by atoms with van der Waals surface area (Å²) in [5.41, 5.74) is 3.03. The van der Waals surface area contributed by atoms with Crippen molar-refractivity contribution in [2.75, 3.05) is 5.32 Å². The number of carbonyl (C=O) groups excluding carboxylic acids is 1.